The summed E-state index contributed by atoms with van der Waals surface area (Å²) < 4.78 is 15.8. The minimum atomic E-state index is -0.269. The van der Waals surface area contributed by atoms with E-state index >= 15 is 0 Å². The van der Waals surface area contributed by atoms with Gasteiger partial charge in [-0.3, -0.25) is 4.79 Å². The van der Waals surface area contributed by atoms with E-state index in [1.54, 1.807) is 18.2 Å². The number of fused-ring (bicyclic) bond motifs is 1. The largest absolute Gasteiger partial charge is 0.340 e. The van der Waals surface area contributed by atoms with Crippen LogP contribution in [0.25, 0.3) is 39.4 Å². The van der Waals surface area contributed by atoms with Crippen molar-refractivity contribution in [3.63, 3.8) is 0 Å². The van der Waals surface area contributed by atoms with Crippen LogP contribution in [0, 0.1) is 5.82 Å². The van der Waals surface area contributed by atoms with E-state index in [-0.39, 0.29) is 11.6 Å². The fourth-order valence-corrected chi connectivity index (χ4v) is 4.46. The van der Waals surface area contributed by atoms with Crippen LogP contribution in [-0.2, 0) is 6.54 Å². The molecule has 0 spiro atoms. The second-order valence-corrected chi connectivity index (χ2v) is 8.17. The van der Waals surface area contributed by atoms with Crippen molar-refractivity contribution in [1.82, 2.24) is 4.57 Å². The molecule has 1 heterocycles. The first-order valence-corrected chi connectivity index (χ1v) is 11.4. The van der Waals surface area contributed by atoms with Gasteiger partial charge in [0.1, 0.15) is 5.82 Å². The molecule has 3 heteroatoms. The average Bonchev–Trinajstić information content (AvgIpc) is 3.21. The van der Waals surface area contributed by atoms with Crippen LogP contribution < -0.4 is 0 Å². The number of nitrogens with zero attached hydrogens (tertiary/aromatic N) is 1. The molecule has 0 fully saturated rings. The lowest BCUT2D eigenvalue weighted by molar-refractivity contribution is 0.104. The van der Waals surface area contributed by atoms with Crippen molar-refractivity contribution in [1.29, 1.82) is 0 Å². The number of halogens is 1. The number of carbonyl (C=O) groups is 1. The molecule has 0 saturated carbocycles. The van der Waals surface area contributed by atoms with E-state index in [0.29, 0.717) is 5.56 Å². The van der Waals surface area contributed by atoms with Gasteiger partial charge in [0.05, 0.1) is 5.69 Å². The number of benzene rings is 4. The Hall–Kier alpha value is -4.24. The molecule has 166 valence electrons. The zero-order chi connectivity index (χ0) is 23.5. The Morgan fingerprint density at radius 1 is 0.765 bits per heavy atom. The molecule has 34 heavy (non-hydrogen) atoms. The summed E-state index contributed by atoms with van der Waals surface area (Å²) in [6, 6.07) is 32.5. The van der Waals surface area contributed by atoms with Gasteiger partial charge >= 0.3 is 0 Å². The minimum Gasteiger partial charge on any atom is -0.340 e. The Bertz CT molecular complexity index is 1480. The van der Waals surface area contributed by atoms with Crippen LogP contribution in [0.2, 0.25) is 0 Å². The molecule has 4 aromatic carbocycles. The number of rotatable bonds is 6. The zero-order valence-electron chi connectivity index (χ0n) is 18.9. The number of para-hydroxylation sites is 1. The smallest absolute Gasteiger partial charge is 0.185 e. The molecule has 0 atom stereocenters. The molecular weight excluding hydrogens is 421 g/mol. The van der Waals surface area contributed by atoms with Crippen LogP contribution in [0.3, 0.4) is 0 Å². The summed E-state index contributed by atoms with van der Waals surface area (Å²) in [6.45, 7) is 2.85. The third-order valence-electron chi connectivity index (χ3n) is 6.12. The first-order chi connectivity index (χ1) is 16.7. The Balaban J connectivity index is 1.53. The molecule has 0 aliphatic rings. The number of aromatic nitrogens is 1. The van der Waals surface area contributed by atoms with E-state index in [1.807, 2.05) is 60.7 Å². The van der Waals surface area contributed by atoms with Crippen molar-refractivity contribution in [2.45, 2.75) is 13.5 Å². The minimum absolute atomic E-state index is 0.0574. The zero-order valence-corrected chi connectivity index (χ0v) is 18.9. The van der Waals surface area contributed by atoms with Crippen molar-refractivity contribution in [2.75, 3.05) is 0 Å². The van der Waals surface area contributed by atoms with Crippen LogP contribution in [0.15, 0.2) is 109 Å². The van der Waals surface area contributed by atoms with Crippen LogP contribution >= 0.6 is 0 Å². The van der Waals surface area contributed by atoms with Crippen molar-refractivity contribution in [2.24, 2.45) is 0 Å². The van der Waals surface area contributed by atoms with E-state index < -0.39 is 0 Å². The van der Waals surface area contributed by atoms with Gasteiger partial charge in [0.15, 0.2) is 5.78 Å². The molecule has 0 radical (unpaired) electrons. The monoisotopic (exact) mass is 445 g/mol. The van der Waals surface area contributed by atoms with Gasteiger partial charge in [-0.05, 0) is 66.1 Å². The molecule has 1 aromatic heterocycles. The number of ketones is 1. The third kappa shape index (κ3) is 4.08. The Morgan fingerprint density at radius 3 is 2.09 bits per heavy atom. The number of carbonyl (C=O) groups excluding carboxylic acids is 1. The molecule has 0 bridgehead atoms. The second kappa shape index (κ2) is 9.32. The molecule has 2 nitrogen and oxygen atoms in total. The second-order valence-electron chi connectivity index (χ2n) is 8.17. The highest BCUT2D eigenvalue weighted by atomic mass is 19.1. The van der Waals surface area contributed by atoms with Crippen molar-refractivity contribution >= 4 is 22.8 Å². The maximum atomic E-state index is 13.6. The van der Waals surface area contributed by atoms with E-state index in [9.17, 15) is 9.18 Å². The number of allylic oxidation sites excluding steroid dienone is 1. The fraction of sp³-hybridized carbons (Fsp3) is 0.0645. The summed E-state index contributed by atoms with van der Waals surface area (Å²) in [4.78, 5) is 13.0. The van der Waals surface area contributed by atoms with Gasteiger partial charge < -0.3 is 4.57 Å². The quantitative estimate of drug-likeness (QED) is 0.191. The van der Waals surface area contributed by atoms with Crippen LogP contribution in [0.1, 0.15) is 22.8 Å². The molecule has 5 aromatic rings. The maximum Gasteiger partial charge on any atom is 0.185 e. The van der Waals surface area contributed by atoms with Crippen molar-refractivity contribution < 1.29 is 9.18 Å². The van der Waals surface area contributed by atoms with Gasteiger partial charge in [-0.2, -0.15) is 0 Å². The topological polar surface area (TPSA) is 22.0 Å². The van der Waals surface area contributed by atoms with Crippen LogP contribution in [-0.4, -0.2) is 10.4 Å². The molecule has 0 saturated heterocycles. The highest BCUT2D eigenvalue weighted by Crippen LogP contribution is 2.35. The van der Waals surface area contributed by atoms with E-state index in [1.165, 1.54) is 12.1 Å². The van der Waals surface area contributed by atoms with Gasteiger partial charge in [-0.15, -0.1) is 0 Å². The first kappa shape index (κ1) is 21.6. The van der Waals surface area contributed by atoms with E-state index in [2.05, 4.69) is 35.8 Å². The first-order valence-electron chi connectivity index (χ1n) is 11.4. The molecule has 0 aliphatic carbocycles. The molecule has 0 unspecified atom stereocenters. The van der Waals surface area contributed by atoms with Crippen molar-refractivity contribution in [3.8, 4) is 22.4 Å². The standard InChI is InChI=1S/C31H24FNO/c1-2-33-29-11-7-6-10-27(29)28(31(33)25-16-18-26(32)19-17-25)20-21-30(34)24-14-12-23(13-15-24)22-8-4-3-5-9-22/h3-21H,2H2,1H3/b21-20+. The van der Waals surface area contributed by atoms with Crippen molar-refractivity contribution in [3.05, 3.63) is 126 Å². The lowest BCUT2D eigenvalue weighted by Gasteiger charge is -2.09. The molecule has 5 rings (SSSR count). The summed E-state index contributed by atoms with van der Waals surface area (Å²) in [6.07, 6.45) is 3.52. The predicted octanol–water partition coefficient (Wildman–Crippen LogP) is 8.03. The molecule has 0 N–H and O–H groups in total. The summed E-state index contributed by atoms with van der Waals surface area (Å²) in [7, 11) is 0. The Kier molecular flexibility index (Phi) is 5.92. The number of hydrogen-bond acceptors (Lipinski definition) is 1. The number of hydrogen-bond donors (Lipinski definition) is 0. The Morgan fingerprint density at radius 2 is 1.38 bits per heavy atom. The van der Waals surface area contributed by atoms with Gasteiger partial charge in [-0.1, -0.05) is 72.8 Å². The molecule has 0 amide bonds. The van der Waals surface area contributed by atoms with Gasteiger partial charge in [0, 0.05) is 28.6 Å². The third-order valence-corrected chi connectivity index (χ3v) is 6.12. The lowest BCUT2D eigenvalue weighted by Crippen LogP contribution is -1.98. The van der Waals surface area contributed by atoms with Crippen LogP contribution in [0.4, 0.5) is 4.39 Å². The summed E-state index contributed by atoms with van der Waals surface area (Å²) in [5, 5.41) is 1.06. The fourth-order valence-electron chi connectivity index (χ4n) is 4.46. The average molecular weight is 446 g/mol. The van der Waals surface area contributed by atoms with E-state index in [4.69, 9.17) is 0 Å². The highest BCUT2D eigenvalue weighted by molar-refractivity contribution is 6.09. The Labute approximate surface area is 198 Å². The van der Waals surface area contributed by atoms with Gasteiger partial charge in [0.2, 0.25) is 0 Å². The lowest BCUT2D eigenvalue weighted by atomic mass is 10.0. The van der Waals surface area contributed by atoms with Crippen LogP contribution in [0.5, 0.6) is 0 Å². The predicted molar refractivity (Wildman–Crippen MR) is 138 cm³/mol. The summed E-state index contributed by atoms with van der Waals surface area (Å²) in [5.41, 5.74) is 6.77. The molecule has 0 aliphatic heterocycles. The maximum absolute atomic E-state index is 13.6. The SMILES string of the molecule is CCn1c(-c2ccc(F)cc2)c(/C=C/C(=O)c2ccc(-c3ccccc3)cc2)c2ccccc21. The van der Waals surface area contributed by atoms with Gasteiger partial charge in [-0.25, -0.2) is 4.39 Å². The highest BCUT2D eigenvalue weighted by Gasteiger charge is 2.16. The summed E-state index contributed by atoms with van der Waals surface area (Å²) in [5.74, 6) is -0.327. The molecular formula is C31H24FNO. The normalized spacial score (nSPS) is 11.4. The summed E-state index contributed by atoms with van der Waals surface area (Å²) >= 11 is 0. The van der Waals surface area contributed by atoms with Gasteiger partial charge in [0.25, 0.3) is 0 Å². The number of aryl methyl sites for hydroxylation is 1. The van der Waals surface area contributed by atoms with E-state index in [0.717, 1.165) is 45.4 Å².